The lowest BCUT2D eigenvalue weighted by molar-refractivity contribution is 0.202. The van der Waals surface area contributed by atoms with Crippen molar-refractivity contribution < 1.29 is 0 Å². The van der Waals surface area contributed by atoms with E-state index in [-0.39, 0.29) is 5.56 Å². The van der Waals surface area contributed by atoms with Crippen molar-refractivity contribution in [1.29, 1.82) is 0 Å². The summed E-state index contributed by atoms with van der Waals surface area (Å²) in [4.78, 5) is 17.1. The van der Waals surface area contributed by atoms with Gasteiger partial charge in [0.25, 0.3) is 5.56 Å². The molecule has 0 radical (unpaired) electrons. The zero-order valence-electron chi connectivity index (χ0n) is 14.0. The summed E-state index contributed by atoms with van der Waals surface area (Å²) < 4.78 is 1.81. The summed E-state index contributed by atoms with van der Waals surface area (Å²) in [6, 6.07) is 13.9. The highest BCUT2D eigenvalue weighted by atomic mass is 16.1. The van der Waals surface area contributed by atoms with Gasteiger partial charge in [0.05, 0.1) is 17.6 Å². The van der Waals surface area contributed by atoms with Crippen LogP contribution in [0.4, 0.5) is 0 Å². The van der Waals surface area contributed by atoms with Crippen molar-refractivity contribution in [1.82, 2.24) is 24.9 Å². The number of nitrogens with one attached hydrogen (secondary N) is 1. The van der Waals surface area contributed by atoms with Gasteiger partial charge in [0.15, 0.2) is 0 Å². The second-order valence-corrected chi connectivity index (χ2v) is 6.50. The quantitative estimate of drug-likeness (QED) is 0.795. The maximum absolute atomic E-state index is 11.9. The van der Waals surface area contributed by atoms with Crippen LogP contribution < -0.4 is 5.56 Å². The summed E-state index contributed by atoms with van der Waals surface area (Å²) in [7, 11) is 0. The Hall–Kier alpha value is -2.73. The lowest BCUT2D eigenvalue weighted by Gasteiger charge is -2.31. The molecule has 25 heavy (non-hydrogen) atoms. The van der Waals surface area contributed by atoms with Gasteiger partial charge in [-0.15, -0.1) is 5.10 Å². The van der Waals surface area contributed by atoms with E-state index >= 15 is 0 Å². The van der Waals surface area contributed by atoms with Crippen LogP contribution in [0.5, 0.6) is 0 Å². The summed E-state index contributed by atoms with van der Waals surface area (Å²) >= 11 is 0. The molecule has 1 aliphatic heterocycles. The first kappa shape index (κ1) is 15.8. The maximum atomic E-state index is 11.9. The van der Waals surface area contributed by atoms with E-state index < -0.39 is 0 Å². The highest BCUT2D eigenvalue weighted by molar-refractivity contribution is 5.29. The second-order valence-electron chi connectivity index (χ2n) is 6.50. The molecule has 2 aromatic heterocycles. The fraction of sp³-hybridized carbons (Fsp3) is 0.316. The van der Waals surface area contributed by atoms with Crippen LogP contribution in [-0.4, -0.2) is 38.0 Å². The molecule has 6 nitrogen and oxygen atoms in total. The van der Waals surface area contributed by atoms with Crippen molar-refractivity contribution in [2.24, 2.45) is 0 Å². The van der Waals surface area contributed by atoms with Crippen LogP contribution in [0, 0.1) is 0 Å². The number of para-hydroxylation sites is 1. The number of H-pyrrole nitrogens is 1. The standard InChI is InChI=1S/C19H21N5O/c25-19-18(7-4-10-20-19)15-8-11-23(12-9-15)13-16-14-24(22-21-16)17-5-2-1-3-6-17/h1-7,10,14-15H,8-9,11-13H2,(H,20,25). The number of pyridine rings is 1. The van der Waals surface area contributed by atoms with Gasteiger partial charge in [-0.25, -0.2) is 4.68 Å². The number of hydrogen-bond acceptors (Lipinski definition) is 4. The molecular formula is C19H21N5O. The minimum atomic E-state index is 0.0479. The van der Waals surface area contributed by atoms with Crippen LogP contribution >= 0.6 is 0 Å². The number of aromatic amines is 1. The molecule has 1 saturated heterocycles. The highest BCUT2D eigenvalue weighted by Gasteiger charge is 2.23. The number of likely N-dealkylation sites (tertiary alicyclic amines) is 1. The molecule has 6 heteroatoms. The molecule has 0 saturated carbocycles. The van der Waals surface area contributed by atoms with Crippen molar-refractivity contribution in [2.45, 2.75) is 25.3 Å². The Morgan fingerprint density at radius 3 is 2.64 bits per heavy atom. The van der Waals surface area contributed by atoms with Crippen LogP contribution in [0.3, 0.4) is 0 Å². The molecule has 128 valence electrons. The summed E-state index contributed by atoms with van der Waals surface area (Å²) in [6.07, 6.45) is 5.68. The van der Waals surface area contributed by atoms with E-state index in [4.69, 9.17) is 0 Å². The molecule has 0 aliphatic carbocycles. The summed E-state index contributed by atoms with van der Waals surface area (Å²) in [5.74, 6) is 0.348. The molecular weight excluding hydrogens is 314 g/mol. The number of hydrogen-bond donors (Lipinski definition) is 1. The average molecular weight is 335 g/mol. The smallest absolute Gasteiger partial charge is 0.251 e. The van der Waals surface area contributed by atoms with Crippen molar-refractivity contribution in [3.63, 3.8) is 0 Å². The Kier molecular flexibility index (Phi) is 4.43. The Morgan fingerprint density at radius 1 is 1.08 bits per heavy atom. The van der Waals surface area contributed by atoms with Crippen LogP contribution in [0.25, 0.3) is 5.69 Å². The Balaban J connectivity index is 1.37. The molecule has 3 heterocycles. The number of nitrogens with zero attached hydrogens (tertiary/aromatic N) is 4. The first-order valence-corrected chi connectivity index (χ1v) is 8.66. The van der Waals surface area contributed by atoms with Gasteiger partial charge in [-0.3, -0.25) is 9.69 Å². The third-order valence-corrected chi connectivity index (χ3v) is 4.82. The monoisotopic (exact) mass is 335 g/mol. The first-order chi connectivity index (χ1) is 12.3. The molecule has 0 spiro atoms. The second kappa shape index (κ2) is 7.03. The van der Waals surface area contributed by atoms with Gasteiger partial charge in [-0.2, -0.15) is 0 Å². The zero-order valence-corrected chi connectivity index (χ0v) is 14.0. The number of benzene rings is 1. The van der Waals surface area contributed by atoms with E-state index in [9.17, 15) is 4.79 Å². The van der Waals surface area contributed by atoms with Crippen molar-refractivity contribution >= 4 is 0 Å². The maximum Gasteiger partial charge on any atom is 0.251 e. The topological polar surface area (TPSA) is 66.8 Å². The minimum absolute atomic E-state index is 0.0479. The Bertz CT molecular complexity index is 878. The third kappa shape index (κ3) is 3.53. The van der Waals surface area contributed by atoms with Crippen LogP contribution in [0.2, 0.25) is 0 Å². The lowest BCUT2D eigenvalue weighted by Crippen LogP contribution is -2.34. The van der Waals surface area contributed by atoms with E-state index in [1.165, 1.54) is 0 Å². The van der Waals surface area contributed by atoms with E-state index in [1.54, 1.807) is 6.20 Å². The average Bonchev–Trinajstić information content (AvgIpc) is 3.12. The molecule has 1 fully saturated rings. The van der Waals surface area contributed by atoms with E-state index in [2.05, 4.69) is 20.2 Å². The highest BCUT2D eigenvalue weighted by Crippen LogP contribution is 2.26. The van der Waals surface area contributed by atoms with Gasteiger partial charge in [0.2, 0.25) is 0 Å². The van der Waals surface area contributed by atoms with Crippen molar-refractivity contribution in [3.8, 4) is 5.69 Å². The molecule has 1 aliphatic rings. The molecule has 1 aromatic carbocycles. The zero-order chi connectivity index (χ0) is 17.1. The van der Waals surface area contributed by atoms with Crippen molar-refractivity contribution in [3.05, 3.63) is 76.5 Å². The largest absolute Gasteiger partial charge is 0.329 e. The van der Waals surface area contributed by atoms with Gasteiger partial charge in [-0.1, -0.05) is 29.5 Å². The number of piperidine rings is 1. The van der Waals surface area contributed by atoms with Crippen molar-refractivity contribution in [2.75, 3.05) is 13.1 Å². The Labute approximate surface area is 146 Å². The van der Waals surface area contributed by atoms with E-state index in [0.717, 1.165) is 49.4 Å². The summed E-state index contributed by atoms with van der Waals surface area (Å²) in [5, 5.41) is 8.51. The fourth-order valence-electron chi connectivity index (χ4n) is 3.47. The molecule has 1 N–H and O–H groups in total. The molecule has 3 aromatic rings. The first-order valence-electron chi connectivity index (χ1n) is 8.66. The van der Waals surface area contributed by atoms with Gasteiger partial charge < -0.3 is 4.98 Å². The molecule has 0 amide bonds. The number of rotatable bonds is 4. The van der Waals surface area contributed by atoms with Crippen LogP contribution in [0.1, 0.15) is 30.0 Å². The van der Waals surface area contributed by atoms with E-state index in [1.807, 2.05) is 53.3 Å². The molecule has 4 rings (SSSR count). The van der Waals surface area contributed by atoms with Gasteiger partial charge in [-0.05, 0) is 50.0 Å². The predicted octanol–water partition coefficient (Wildman–Crippen LogP) is 2.34. The normalized spacial score (nSPS) is 16.2. The fourth-order valence-corrected chi connectivity index (χ4v) is 3.47. The summed E-state index contributed by atoms with van der Waals surface area (Å²) in [5.41, 5.74) is 2.95. The van der Waals surface area contributed by atoms with Crippen LogP contribution in [0.15, 0.2) is 59.7 Å². The summed E-state index contributed by atoms with van der Waals surface area (Å²) in [6.45, 7) is 2.74. The van der Waals surface area contributed by atoms with Gasteiger partial charge in [0.1, 0.15) is 0 Å². The molecule has 0 unspecified atom stereocenters. The number of aromatic nitrogens is 4. The van der Waals surface area contributed by atoms with Gasteiger partial charge in [0, 0.05) is 18.3 Å². The van der Waals surface area contributed by atoms with E-state index in [0.29, 0.717) is 5.92 Å². The molecule has 0 atom stereocenters. The van der Waals surface area contributed by atoms with Crippen LogP contribution in [-0.2, 0) is 6.54 Å². The van der Waals surface area contributed by atoms with Gasteiger partial charge >= 0.3 is 0 Å². The Morgan fingerprint density at radius 2 is 1.88 bits per heavy atom. The molecule has 0 bridgehead atoms. The predicted molar refractivity (Wildman–Crippen MR) is 95.7 cm³/mol. The lowest BCUT2D eigenvalue weighted by atomic mass is 9.90. The SMILES string of the molecule is O=c1[nH]cccc1C1CCN(Cc2cn(-c3ccccc3)nn2)CC1. The minimum Gasteiger partial charge on any atom is -0.329 e. The third-order valence-electron chi connectivity index (χ3n) is 4.82.